The maximum Gasteiger partial charge on any atom is 0.259 e. The minimum Gasteiger partial charge on any atom is -0.377 e. The van der Waals surface area contributed by atoms with Crippen LogP contribution in [0.25, 0.3) is 10.8 Å². The molecule has 39 heavy (non-hydrogen) atoms. The van der Waals surface area contributed by atoms with Gasteiger partial charge in [-0.15, -0.1) is 0 Å². The predicted molar refractivity (Wildman–Crippen MR) is 157 cm³/mol. The number of hydrogen-bond acceptors (Lipinski definition) is 7. The molecule has 3 heterocycles. The molecule has 5 rings (SSSR count). The van der Waals surface area contributed by atoms with E-state index in [1.807, 2.05) is 26.0 Å². The Morgan fingerprint density at radius 2 is 1.62 bits per heavy atom. The first-order chi connectivity index (χ1) is 18.5. The number of anilines is 3. The summed E-state index contributed by atoms with van der Waals surface area (Å²) in [6.45, 7) is 6.87. The fraction of sp³-hybridized carbons (Fsp3) is 0.310. The molecule has 4 aromatic rings. The number of benzene rings is 2. The van der Waals surface area contributed by atoms with Crippen LogP contribution in [0.4, 0.5) is 17.2 Å². The van der Waals surface area contributed by atoms with Gasteiger partial charge in [0, 0.05) is 63.2 Å². The molecular weight excluding hydrogens is 514 g/mol. The van der Waals surface area contributed by atoms with Crippen LogP contribution in [0.3, 0.4) is 0 Å². The second-order valence-corrected chi connectivity index (χ2v) is 12.2. The summed E-state index contributed by atoms with van der Waals surface area (Å²) in [5.41, 5.74) is 3.19. The molecule has 10 heteroatoms. The Balaban J connectivity index is 1.50. The van der Waals surface area contributed by atoms with E-state index in [-0.39, 0.29) is 22.1 Å². The molecule has 2 N–H and O–H groups in total. The number of para-hydroxylation sites is 1. The largest absolute Gasteiger partial charge is 0.377 e. The van der Waals surface area contributed by atoms with Gasteiger partial charge < -0.3 is 20.1 Å². The Bertz CT molecular complexity index is 1750. The van der Waals surface area contributed by atoms with Gasteiger partial charge >= 0.3 is 0 Å². The van der Waals surface area contributed by atoms with Crippen LogP contribution < -0.4 is 26.2 Å². The molecule has 0 aliphatic carbocycles. The molecule has 2 aromatic carbocycles. The normalized spacial score (nSPS) is 15.0. The lowest BCUT2D eigenvalue weighted by molar-refractivity contribution is 0.602. The Morgan fingerprint density at radius 3 is 2.28 bits per heavy atom. The van der Waals surface area contributed by atoms with E-state index in [2.05, 4.69) is 32.2 Å². The minimum absolute atomic E-state index is 0.0701. The van der Waals surface area contributed by atoms with Crippen molar-refractivity contribution in [3.05, 3.63) is 92.6 Å². The van der Waals surface area contributed by atoms with E-state index in [4.69, 9.17) is 0 Å². The number of sulfone groups is 1. The maximum absolute atomic E-state index is 13.6. The van der Waals surface area contributed by atoms with E-state index in [1.54, 1.807) is 42.1 Å². The van der Waals surface area contributed by atoms with Gasteiger partial charge in [-0.1, -0.05) is 18.2 Å². The maximum atomic E-state index is 13.6. The average molecular weight is 548 g/mol. The molecule has 2 aromatic heterocycles. The Labute approximate surface area is 227 Å². The third-order valence-electron chi connectivity index (χ3n) is 7.37. The number of nitrogens with one attached hydrogen (secondary N) is 2. The van der Waals surface area contributed by atoms with Gasteiger partial charge in [-0.2, -0.15) is 0 Å². The van der Waals surface area contributed by atoms with E-state index in [1.165, 1.54) is 12.3 Å². The molecule has 1 aliphatic heterocycles. The molecule has 0 saturated carbocycles. The SMILES string of the molecule is Cc1cc([C@@H](C)Nc2ccccc2S(C)(=O)=O)c2cc(N3CCN(c4ccc(=O)[nH]c4)CC3)n(C)c(=O)c2c1. The average Bonchev–Trinajstić information content (AvgIpc) is 2.91. The van der Waals surface area contributed by atoms with E-state index in [9.17, 15) is 18.0 Å². The van der Waals surface area contributed by atoms with Crippen molar-refractivity contribution in [3.63, 3.8) is 0 Å². The van der Waals surface area contributed by atoms with Crippen LogP contribution in [-0.2, 0) is 16.9 Å². The molecule has 0 amide bonds. The summed E-state index contributed by atoms with van der Waals surface area (Å²) in [5, 5.41) is 4.86. The molecule has 204 valence electrons. The summed E-state index contributed by atoms with van der Waals surface area (Å²) < 4.78 is 26.4. The van der Waals surface area contributed by atoms with Crippen molar-refractivity contribution < 1.29 is 8.42 Å². The molecule has 0 radical (unpaired) electrons. The van der Waals surface area contributed by atoms with Gasteiger partial charge in [-0.3, -0.25) is 14.2 Å². The lowest BCUT2D eigenvalue weighted by Gasteiger charge is -2.38. The van der Waals surface area contributed by atoms with E-state index in [0.29, 0.717) is 24.2 Å². The summed E-state index contributed by atoms with van der Waals surface area (Å²) in [4.78, 5) is 32.4. The number of piperazine rings is 1. The summed E-state index contributed by atoms with van der Waals surface area (Å²) >= 11 is 0. The van der Waals surface area contributed by atoms with Crippen molar-refractivity contribution in [2.24, 2.45) is 7.05 Å². The van der Waals surface area contributed by atoms with Crippen LogP contribution in [0.5, 0.6) is 0 Å². The second-order valence-electron chi connectivity index (χ2n) is 10.2. The quantitative estimate of drug-likeness (QED) is 0.381. The molecule has 0 bridgehead atoms. The first-order valence-corrected chi connectivity index (χ1v) is 14.8. The lowest BCUT2D eigenvalue weighted by Crippen LogP contribution is -2.48. The Hall–Kier alpha value is -4.05. The van der Waals surface area contributed by atoms with Crippen molar-refractivity contribution >= 4 is 37.8 Å². The molecule has 1 aliphatic rings. The number of fused-ring (bicyclic) bond motifs is 1. The van der Waals surface area contributed by atoms with Crippen molar-refractivity contribution in [2.45, 2.75) is 24.8 Å². The molecule has 1 saturated heterocycles. The highest BCUT2D eigenvalue weighted by atomic mass is 32.2. The molecule has 0 unspecified atom stereocenters. The minimum atomic E-state index is -3.42. The van der Waals surface area contributed by atoms with E-state index < -0.39 is 9.84 Å². The number of aryl methyl sites for hydroxylation is 1. The number of aromatic amines is 1. The molecule has 1 fully saturated rings. The fourth-order valence-electron chi connectivity index (χ4n) is 5.35. The molecule has 1 atom stereocenters. The van der Waals surface area contributed by atoms with Crippen molar-refractivity contribution in [3.8, 4) is 0 Å². The molecule has 0 spiro atoms. The highest BCUT2D eigenvalue weighted by molar-refractivity contribution is 7.90. The van der Waals surface area contributed by atoms with Crippen LogP contribution in [0, 0.1) is 6.92 Å². The number of pyridine rings is 2. The molecule has 9 nitrogen and oxygen atoms in total. The van der Waals surface area contributed by atoms with Gasteiger partial charge in [0.15, 0.2) is 9.84 Å². The monoisotopic (exact) mass is 547 g/mol. The second kappa shape index (κ2) is 10.3. The fourth-order valence-corrected chi connectivity index (χ4v) is 6.20. The van der Waals surface area contributed by atoms with E-state index in [0.717, 1.165) is 41.1 Å². The number of aromatic nitrogens is 2. The number of hydrogen-bond donors (Lipinski definition) is 2. The zero-order valence-electron chi connectivity index (χ0n) is 22.6. The van der Waals surface area contributed by atoms with Crippen molar-refractivity contribution in [2.75, 3.05) is 47.6 Å². The topological polar surface area (TPSA) is 108 Å². The Morgan fingerprint density at radius 1 is 0.923 bits per heavy atom. The zero-order valence-corrected chi connectivity index (χ0v) is 23.4. The van der Waals surface area contributed by atoms with Gasteiger partial charge in [0.1, 0.15) is 5.82 Å². The summed E-state index contributed by atoms with van der Waals surface area (Å²) in [5.74, 6) is 0.836. The third kappa shape index (κ3) is 5.29. The number of rotatable bonds is 6. The summed E-state index contributed by atoms with van der Waals surface area (Å²) in [7, 11) is -1.61. The van der Waals surface area contributed by atoms with Crippen LogP contribution in [0.1, 0.15) is 24.1 Å². The summed E-state index contributed by atoms with van der Waals surface area (Å²) in [6, 6.07) is 16.0. The third-order valence-corrected chi connectivity index (χ3v) is 8.53. The van der Waals surface area contributed by atoms with Crippen LogP contribution in [0.2, 0.25) is 0 Å². The van der Waals surface area contributed by atoms with Gasteiger partial charge in [-0.05, 0) is 60.7 Å². The first kappa shape index (κ1) is 26.6. The van der Waals surface area contributed by atoms with Crippen LogP contribution in [0.15, 0.2) is 75.3 Å². The summed E-state index contributed by atoms with van der Waals surface area (Å²) in [6.07, 6.45) is 2.93. The zero-order chi connectivity index (χ0) is 27.9. The van der Waals surface area contributed by atoms with Crippen LogP contribution in [-0.4, -0.2) is 50.4 Å². The predicted octanol–water partition coefficient (Wildman–Crippen LogP) is 3.44. The first-order valence-electron chi connectivity index (χ1n) is 12.9. The Kier molecular flexibility index (Phi) is 6.98. The lowest BCUT2D eigenvalue weighted by atomic mass is 9.97. The van der Waals surface area contributed by atoms with Gasteiger partial charge in [0.25, 0.3) is 5.56 Å². The highest BCUT2D eigenvalue weighted by Crippen LogP contribution is 2.32. The van der Waals surface area contributed by atoms with Crippen molar-refractivity contribution in [1.82, 2.24) is 9.55 Å². The smallest absolute Gasteiger partial charge is 0.259 e. The van der Waals surface area contributed by atoms with Crippen LogP contribution >= 0.6 is 0 Å². The van der Waals surface area contributed by atoms with Gasteiger partial charge in [0.2, 0.25) is 5.56 Å². The van der Waals surface area contributed by atoms with Gasteiger partial charge in [-0.25, -0.2) is 8.42 Å². The van der Waals surface area contributed by atoms with E-state index >= 15 is 0 Å². The molecular formula is C29H33N5O4S. The highest BCUT2D eigenvalue weighted by Gasteiger charge is 2.23. The standard InChI is InChI=1S/C29H33N5O4S/c1-19-15-22(20(2)31-25-7-5-6-8-26(25)39(4,37)38)23-17-28(32(3)29(36)24(23)16-19)34-13-11-33(12-14-34)21-9-10-27(35)30-18-21/h5-10,15-18,20,31H,11-14H2,1-4H3,(H,30,35)/t20-/m1/s1. The van der Waals surface area contributed by atoms with Gasteiger partial charge in [0.05, 0.1) is 16.3 Å². The number of H-pyrrole nitrogens is 1. The number of nitrogens with zero attached hydrogens (tertiary/aromatic N) is 3. The van der Waals surface area contributed by atoms with Crippen molar-refractivity contribution in [1.29, 1.82) is 0 Å².